The Labute approximate surface area is 189 Å². The van der Waals surface area contributed by atoms with E-state index in [0.717, 1.165) is 5.56 Å². The summed E-state index contributed by atoms with van der Waals surface area (Å²) in [6, 6.07) is 7.93. The molecule has 0 saturated carbocycles. The molecule has 0 aromatic heterocycles. The van der Waals surface area contributed by atoms with Crippen LogP contribution in [0.1, 0.15) is 25.8 Å². The lowest BCUT2D eigenvalue weighted by atomic mass is 9.70. The molecule has 3 aliphatic rings. The van der Waals surface area contributed by atoms with Crippen molar-refractivity contribution in [2.75, 3.05) is 13.2 Å². The van der Waals surface area contributed by atoms with Crippen LogP contribution >= 0.6 is 15.9 Å². The highest BCUT2D eigenvalue weighted by atomic mass is 79.9. The molecule has 0 radical (unpaired) electrons. The highest BCUT2D eigenvalue weighted by Gasteiger charge is 2.77. The van der Waals surface area contributed by atoms with Gasteiger partial charge in [0.05, 0.1) is 37.2 Å². The van der Waals surface area contributed by atoms with Crippen LogP contribution in [0, 0.1) is 11.8 Å². The van der Waals surface area contributed by atoms with Crippen LogP contribution in [0.3, 0.4) is 0 Å². The lowest BCUT2D eigenvalue weighted by Crippen LogP contribution is -2.57. The van der Waals surface area contributed by atoms with E-state index in [-0.39, 0.29) is 29.9 Å². The first-order valence-electron chi connectivity index (χ1n) is 10.6. The summed E-state index contributed by atoms with van der Waals surface area (Å²) in [7, 11) is 0. The molecule has 31 heavy (non-hydrogen) atoms. The van der Waals surface area contributed by atoms with Gasteiger partial charge in [-0.05, 0) is 25.8 Å². The zero-order valence-corrected chi connectivity index (χ0v) is 19.1. The summed E-state index contributed by atoms with van der Waals surface area (Å²) in [4.78, 5) is 40.9. The predicted molar refractivity (Wildman–Crippen MR) is 114 cm³/mol. The van der Waals surface area contributed by atoms with E-state index in [1.54, 1.807) is 13.8 Å². The number of halogens is 1. The average Bonchev–Trinajstić information content (AvgIpc) is 3.36. The number of carbonyl (C=O) groups excluding carboxylic acids is 3. The second-order valence-electron chi connectivity index (χ2n) is 8.40. The number of carbonyl (C=O) groups is 3. The smallest absolute Gasteiger partial charge is 0.312 e. The zero-order valence-electron chi connectivity index (χ0n) is 17.5. The number of amides is 2. The van der Waals surface area contributed by atoms with E-state index < -0.39 is 41.6 Å². The first-order chi connectivity index (χ1) is 14.9. The minimum atomic E-state index is -1.14. The summed E-state index contributed by atoms with van der Waals surface area (Å²) in [6.45, 7) is 3.59. The fourth-order valence-electron chi connectivity index (χ4n) is 5.32. The highest BCUT2D eigenvalue weighted by molar-refractivity contribution is 9.09. The van der Waals surface area contributed by atoms with E-state index in [1.807, 2.05) is 30.3 Å². The van der Waals surface area contributed by atoms with Gasteiger partial charge in [0.25, 0.3) is 0 Å². The Balaban J connectivity index is 1.68. The second-order valence-corrected chi connectivity index (χ2v) is 9.57. The Bertz CT molecular complexity index is 867. The maximum absolute atomic E-state index is 13.5. The van der Waals surface area contributed by atoms with Gasteiger partial charge in [-0.25, -0.2) is 0 Å². The van der Waals surface area contributed by atoms with E-state index in [9.17, 15) is 19.5 Å². The molecular weight excluding hydrogens is 468 g/mol. The lowest BCUT2D eigenvalue weighted by Gasteiger charge is -2.35. The minimum absolute atomic E-state index is 0.181. The van der Waals surface area contributed by atoms with Gasteiger partial charge in [-0.15, -0.1) is 0 Å². The highest BCUT2D eigenvalue weighted by Crippen LogP contribution is 2.60. The monoisotopic (exact) mass is 494 g/mol. The molecule has 2 N–H and O–H groups in total. The first-order valence-corrected chi connectivity index (χ1v) is 11.5. The Morgan fingerprint density at radius 1 is 1.39 bits per heavy atom. The van der Waals surface area contributed by atoms with Crippen LogP contribution in [-0.2, 0) is 30.4 Å². The molecule has 3 aliphatic heterocycles. The molecule has 9 heteroatoms. The Kier molecular flexibility index (Phi) is 6.11. The number of benzene rings is 1. The van der Waals surface area contributed by atoms with Crippen molar-refractivity contribution < 1.29 is 29.0 Å². The van der Waals surface area contributed by atoms with Gasteiger partial charge in [0, 0.05) is 11.4 Å². The number of fused-ring (bicyclic) bond motifs is 1. The van der Waals surface area contributed by atoms with Gasteiger partial charge in [0.2, 0.25) is 11.8 Å². The van der Waals surface area contributed by atoms with E-state index in [1.165, 1.54) is 4.90 Å². The van der Waals surface area contributed by atoms with Crippen LogP contribution in [0.4, 0.5) is 0 Å². The number of esters is 1. The molecule has 2 amide bonds. The van der Waals surface area contributed by atoms with Gasteiger partial charge in [-0.3, -0.25) is 14.4 Å². The lowest BCUT2D eigenvalue weighted by molar-refractivity contribution is -0.155. The molecule has 8 nitrogen and oxygen atoms in total. The Hall–Kier alpha value is -1.97. The van der Waals surface area contributed by atoms with Gasteiger partial charge in [0.15, 0.2) is 0 Å². The fraction of sp³-hybridized carbons (Fsp3) is 0.591. The number of rotatable bonds is 7. The van der Waals surface area contributed by atoms with Crippen molar-refractivity contribution in [2.24, 2.45) is 11.8 Å². The maximum Gasteiger partial charge on any atom is 0.312 e. The van der Waals surface area contributed by atoms with Crippen LogP contribution in [0.15, 0.2) is 30.3 Å². The molecule has 3 heterocycles. The minimum Gasteiger partial charge on any atom is -0.466 e. The summed E-state index contributed by atoms with van der Waals surface area (Å²) >= 11 is 3.59. The number of hydrogen-bond donors (Lipinski definition) is 2. The second kappa shape index (κ2) is 8.52. The van der Waals surface area contributed by atoms with Crippen molar-refractivity contribution in [1.82, 2.24) is 10.2 Å². The molecule has 3 saturated heterocycles. The zero-order chi connectivity index (χ0) is 22.3. The van der Waals surface area contributed by atoms with Crippen molar-refractivity contribution in [3.8, 4) is 0 Å². The molecule has 1 aromatic carbocycles. The summed E-state index contributed by atoms with van der Waals surface area (Å²) in [5, 5.41) is 12.7. The number of aliphatic hydroxyl groups is 1. The molecule has 3 fully saturated rings. The van der Waals surface area contributed by atoms with Crippen LogP contribution in [0.2, 0.25) is 0 Å². The number of likely N-dealkylation sites (tertiary alicyclic amines) is 1. The van der Waals surface area contributed by atoms with Crippen molar-refractivity contribution >= 4 is 33.7 Å². The molecule has 4 rings (SSSR count). The van der Waals surface area contributed by atoms with Crippen LogP contribution < -0.4 is 5.32 Å². The maximum atomic E-state index is 13.5. The van der Waals surface area contributed by atoms with E-state index in [0.29, 0.717) is 13.0 Å². The number of aliphatic hydroxyl groups excluding tert-OH is 1. The van der Waals surface area contributed by atoms with E-state index in [4.69, 9.17) is 9.47 Å². The van der Waals surface area contributed by atoms with Crippen molar-refractivity contribution in [2.45, 2.75) is 55.4 Å². The molecule has 1 spiro atoms. The van der Waals surface area contributed by atoms with Crippen LogP contribution in [-0.4, -0.2) is 69.6 Å². The summed E-state index contributed by atoms with van der Waals surface area (Å²) in [5.41, 5.74) is -0.215. The van der Waals surface area contributed by atoms with Crippen molar-refractivity contribution in [3.63, 3.8) is 0 Å². The third kappa shape index (κ3) is 3.47. The Morgan fingerprint density at radius 2 is 2.10 bits per heavy atom. The Morgan fingerprint density at radius 3 is 2.74 bits per heavy atom. The normalized spacial score (nSPS) is 34.5. The number of ether oxygens (including phenoxy) is 2. The van der Waals surface area contributed by atoms with E-state index in [2.05, 4.69) is 21.2 Å². The molecule has 7 atom stereocenters. The molecule has 1 aromatic rings. The van der Waals surface area contributed by atoms with E-state index >= 15 is 0 Å². The SMILES string of the molecule is CCOC(=O)[C@@H]1[C@H]2O[C@@]3(CC2Br)[C@H](C(=O)NCc2ccccc2)N([C@H](C)CO)C(=O)[C@@H]13. The van der Waals surface area contributed by atoms with Gasteiger partial charge >= 0.3 is 5.97 Å². The molecule has 1 unspecified atom stereocenters. The number of nitrogens with one attached hydrogen (secondary N) is 1. The summed E-state index contributed by atoms with van der Waals surface area (Å²) in [6.07, 6.45) is -0.119. The molecule has 0 aliphatic carbocycles. The first kappa shape index (κ1) is 22.2. The van der Waals surface area contributed by atoms with Crippen molar-refractivity contribution in [3.05, 3.63) is 35.9 Å². The molecule has 168 valence electrons. The van der Waals surface area contributed by atoms with Crippen LogP contribution in [0.5, 0.6) is 0 Å². The number of alkyl halides is 1. The fourth-order valence-corrected chi connectivity index (χ4v) is 6.26. The third-order valence-corrected chi connectivity index (χ3v) is 7.43. The van der Waals surface area contributed by atoms with Crippen molar-refractivity contribution in [1.29, 1.82) is 0 Å². The number of nitrogens with zero attached hydrogens (tertiary/aromatic N) is 1. The van der Waals surface area contributed by atoms with Gasteiger partial charge in [0.1, 0.15) is 11.6 Å². The number of hydrogen-bond acceptors (Lipinski definition) is 6. The summed E-state index contributed by atoms with van der Waals surface area (Å²) in [5.74, 6) is -2.79. The topological polar surface area (TPSA) is 105 Å². The standard InChI is InChI=1S/C22H27BrN2O6/c1-3-30-21(29)15-16-20(28)25(12(2)11-26)18(22(16)9-14(23)17(15)31-22)19(27)24-10-13-7-5-4-6-8-13/h4-8,12,14-18,26H,3,9-11H2,1-2H3,(H,24,27)/t12-,14?,15+,16-,17+,18+,22-/m1/s1. The average molecular weight is 495 g/mol. The third-order valence-electron chi connectivity index (χ3n) is 6.58. The quantitative estimate of drug-likeness (QED) is 0.432. The largest absolute Gasteiger partial charge is 0.466 e. The van der Waals surface area contributed by atoms with Gasteiger partial charge < -0.3 is 24.8 Å². The predicted octanol–water partition coefficient (Wildman–Crippen LogP) is 0.995. The molecule has 2 bridgehead atoms. The van der Waals surface area contributed by atoms with Crippen LogP contribution in [0.25, 0.3) is 0 Å². The van der Waals surface area contributed by atoms with Gasteiger partial charge in [-0.1, -0.05) is 46.3 Å². The summed E-state index contributed by atoms with van der Waals surface area (Å²) < 4.78 is 11.5. The van der Waals surface area contributed by atoms with Gasteiger partial charge in [-0.2, -0.15) is 0 Å². The molecular formula is C22H27BrN2O6.